The molecule has 2 fully saturated rings. The molecule has 5 nitrogen and oxygen atoms in total. The van der Waals surface area contributed by atoms with Gasteiger partial charge in [-0.1, -0.05) is 0 Å². The van der Waals surface area contributed by atoms with Crippen molar-refractivity contribution >= 4 is 17.4 Å². The van der Waals surface area contributed by atoms with Crippen LogP contribution in [-0.4, -0.2) is 61.8 Å². The van der Waals surface area contributed by atoms with Gasteiger partial charge in [-0.3, -0.25) is 4.90 Å². The van der Waals surface area contributed by atoms with Crippen molar-refractivity contribution in [3.05, 3.63) is 22.4 Å². The highest BCUT2D eigenvalue weighted by atomic mass is 32.1. The van der Waals surface area contributed by atoms with E-state index in [1.807, 2.05) is 4.90 Å². The van der Waals surface area contributed by atoms with E-state index < -0.39 is 0 Å². The molecule has 128 valence electrons. The van der Waals surface area contributed by atoms with Crippen LogP contribution < -0.4 is 5.32 Å². The fraction of sp³-hybridized carbons (Fsp3) is 0.706. The summed E-state index contributed by atoms with van der Waals surface area (Å²) in [5.41, 5.74) is 1.38. The monoisotopic (exact) mass is 337 g/mol. The van der Waals surface area contributed by atoms with Gasteiger partial charge in [0.15, 0.2) is 0 Å². The number of urea groups is 1. The Morgan fingerprint density at radius 3 is 2.70 bits per heavy atom. The number of thiophene rings is 1. The molecular weight excluding hydrogens is 310 g/mol. The third-order valence-corrected chi connectivity index (χ3v) is 5.72. The molecule has 2 atom stereocenters. The van der Waals surface area contributed by atoms with E-state index in [0.29, 0.717) is 18.6 Å². The first-order valence-corrected chi connectivity index (χ1v) is 9.44. The smallest absolute Gasteiger partial charge is 0.317 e. The quantitative estimate of drug-likeness (QED) is 0.868. The number of ether oxygens (including phenoxy) is 1. The lowest BCUT2D eigenvalue weighted by molar-refractivity contribution is 0.106. The van der Waals surface area contributed by atoms with Crippen molar-refractivity contribution in [2.45, 2.75) is 31.8 Å². The first-order valence-electron chi connectivity index (χ1n) is 8.49. The SMILES string of the molecule is COC[C@H](NC(=O)N1CCN([C@H](C)c2ccsc2)CC1)C1CC1. The zero-order chi connectivity index (χ0) is 16.2. The van der Waals surface area contributed by atoms with Gasteiger partial charge in [-0.2, -0.15) is 11.3 Å². The summed E-state index contributed by atoms with van der Waals surface area (Å²) >= 11 is 1.74. The molecule has 23 heavy (non-hydrogen) atoms. The summed E-state index contributed by atoms with van der Waals surface area (Å²) in [6.07, 6.45) is 2.42. The van der Waals surface area contributed by atoms with Crippen molar-refractivity contribution < 1.29 is 9.53 Å². The molecule has 6 heteroatoms. The molecule has 1 saturated heterocycles. The van der Waals surface area contributed by atoms with E-state index in [1.54, 1.807) is 18.4 Å². The fourth-order valence-electron chi connectivity index (χ4n) is 3.26. The van der Waals surface area contributed by atoms with E-state index in [-0.39, 0.29) is 12.1 Å². The molecular formula is C17H27N3O2S. The third kappa shape index (κ3) is 4.25. The number of nitrogens with zero attached hydrogens (tertiary/aromatic N) is 2. The van der Waals surface area contributed by atoms with E-state index in [4.69, 9.17) is 4.74 Å². The summed E-state index contributed by atoms with van der Waals surface area (Å²) in [6.45, 7) is 6.33. The van der Waals surface area contributed by atoms with Crippen molar-refractivity contribution in [1.29, 1.82) is 0 Å². The Kier molecular flexibility index (Phi) is 5.56. The topological polar surface area (TPSA) is 44.8 Å². The van der Waals surface area contributed by atoms with E-state index in [2.05, 4.69) is 34.0 Å². The highest BCUT2D eigenvalue weighted by molar-refractivity contribution is 7.07. The van der Waals surface area contributed by atoms with Crippen molar-refractivity contribution in [3.8, 4) is 0 Å². The van der Waals surface area contributed by atoms with Crippen LogP contribution in [0.1, 0.15) is 31.4 Å². The lowest BCUT2D eigenvalue weighted by Crippen LogP contribution is -2.54. The van der Waals surface area contributed by atoms with E-state index >= 15 is 0 Å². The Bertz CT molecular complexity index is 496. The van der Waals surface area contributed by atoms with Gasteiger partial charge >= 0.3 is 6.03 Å². The molecule has 2 heterocycles. The zero-order valence-electron chi connectivity index (χ0n) is 14.0. The maximum Gasteiger partial charge on any atom is 0.317 e. The summed E-state index contributed by atoms with van der Waals surface area (Å²) in [4.78, 5) is 16.9. The predicted octanol–water partition coefficient (Wildman–Crippen LogP) is 2.56. The summed E-state index contributed by atoms with van der Waals surface area (Å²) in [5.74, 6) is 0.610. The minimum atomic E-state index is 0.0711. The minimum Gasteiger partial charge on any atom is -0.383 e. The van der Waals surface area contributed by atoms with Gasteiger partial charge in [0, 0.05) is 39.3 Å². The molecule has 2 aliphatic rings. The Hall–Kier alpha value is -1.11. The van der Waals surface area contributed by atoms with Crippen LogP contribution >= 0.6 is 11.3 Å². The Labute approximate surface area is 142 Å². The van der Waals surface area contributed by atoms with Gasteiger partial charge < -0.3 is 15.0 Å². The number of rotatable bonds is 6. The maximum atomic E-state index is 12.5. The lowest BCUT2D eigenvalue weighted by Gasteiger charge is -2.38. The number of carbonyl (C=O) groups excluding carboxylic acids is 1. The van der Waals surface area contributed by atoms with Crippen LogP contribution in [0.25, 0.3) is 0 Å². The second-order valence-corrected chi connectivity index (χ2v) is 7.38. The standard InChI is InChI=1S/C17H27N3O2S/c1-13(15-5-10-23-12-15)19-6-8-20(9-7-19)17(21)18-16(11-22-2)14-3-4-14/h5,10,12-14,16H,3-4,6-9,11H2,1-2H3,(H,18,21)/t13-,16+/m1/s1. The maximum absolute atomic E-state index is 12.5. The molecule has 1 N–H and O–H groups in total. The number of hydrogen-bond donors (Lipinski definition) is 1. The summed E-state index contributed by atoms with van der Waals surface area (Å²) in [6, 6.07) is 2.87. The van der Waals surface area contributed by atoms with Gasteiger partial charge in [0.1, 0.15) is 0 Å². The molecule has 1 aliphatic carbocycles. The van der Waals surface area contributed by atoms with E-state index in [0.717, 1.165) is 26.2 Å². The normalized spacial score (nSPS) is 21.9. The van der Waals surface area contributed by atoms with Crippen molar-refractivity contribution in [1.82, 2.24) is 15.1 Å². The molecule has 0 radical (unpaired) electrons. The van der Waals surface area contributed by atoms with Gasteiger partial charge in [0.2, 0.25) is 0 Å². The number of hydrogen-bond acceptors (Lipinski definition) is 4. The van der Waals surface area contributed by atoms with Crippen LogP contribution in [0, 0.1) is 5.92 Å². The Morgan fingerprint density at radius 1 is 1.39 bits per heavy atom. The molecule has 0 spiro atoms. The number of amides is 2. The molecule has 2 amide bonds. The highest BCUT2D eigenvalue weighted by Gasteiger charge is 2.34. The second kappa shape index (κ2) is 7.64. The first-order chi connectivity index (χ1) is 11.2. The molecule has 0 aromatic carbocycles. The van der Waals surface area contributed by atoms with Gasteiger partial charge in [0.25, 0.3) is 0 Å². The molecule has 1 aromatic rings. The summed E-state index contributed by atoms with van der Waals surface area (Å²) in [5, 5.41) is 7.51. The Morgan fingerprint density at radius 2 is 2.13 bits per heavy atom. The summed E-state index contributed by atoms with van der Waals surface area (Å²) < 4.78 is 5.24. The van der Waals surface area contributed by atoms with E-state index in [9.17, 15) is 4.79 Å². The summed E-state index contributed by atoms with van der Waals surface area (Å²) in [7, 11) is 1.70. The average molecular weight is 337 g/mol. The van der Waals surface area contributed by atoms with Crippen LogP contribution in [0.4, 0.5) is 4.79 Å². The molecule has 1 aromatic heterocycles. The predicted molar refractivity (Wildman–Crippen MR) is 92.8 cm³/mol. The molecule has 0 bridgehead atoms. The second-order valence-electron chi connectivity index (χ2n) is 6.60. The van der Waals surface area contributed by atoms with Crippen LogP contribution in [0.5, 0.6) is 0 Å². The third-order valence-electron chi connectivity index (χ3n) is 5.02. The molecule has 1 saturated carbocycles. The van der Waals surface area contributed by atoms with Crippen molar-refractivity contribution in [3.63, 3.8) is 0 Å². The zero-order valence-corrected chi connectivity index (χ0v) is 14.8. The fourth-order valence-corrected chi connectivity index (χ4v) is 4.01. The Balaban J connectivity index is 1.47. The molecule has 3 rings (SSSR count). The van der Waals surface area contributed by atoms with Gasteiger partial charge in [-0.25, -0.2) is 4.79 Å². The number of nitrogens with one attached hydrogen (secondary N) is 1. The largest absolute Gasteiger partial charge is 0.383 e. The number of piperazine rings is 1. The van der Waals surface area contributed by atoms with Crippen LogP contribution in [0.3, 0.4) is 0 Å². The lowest BCUT2D eigenvalue weighted by atomic mass is 10.1. The minimum absolute atomic E-state index is 0.0711. The average Bonchev–Trinajstić information content (AvgIpc) is 3.28. The van der Waals surface area contributed by atoms with Crippen LogP contribution in [0.2, 0.25) is 0 Å². The van der Waals surface area contributed by atoms with Gasteiger partial charge in [-0.05, 0) is 48.1 Å². The van der Waals surface area contributed by atoms with Crippen molar-refractivity contribution in [2.24, 2.45) is 5.92 Å². The van der Waals surface area contributed by atoms with Gasteiger partial charge in [0.05, 0.1) is 12.6 Å². The highest BCUT2D eigenvalue weighted by Crippen LogP contribution is 2.32. The number of methoxy groups -OCH3 is 1. The number of carbonyl (C=O) groups is 1. The van der Waals surface area contributed by atoms with Crippen LogP contribution in [-0.2, 0) is 4.74 Å². The first kappa shape index (κ1) is 16.7. The molecule has 1 aliphatic heterocycles. The van der Waals surface area contributed by atoms with E-state index in [1.165, 1.54) is 18.4 Å². The molecule has 0 unspecified atom stereocenters. The van der Waals surface area contributed by atoms with Crippen LogP contribution in [0.15, 0.2) is 16.8 Å². The van der Waals surface area contributed by atoms with Gasteiger partial charge in [-0.15, -0.1) is 0 Å². The van der Waals surface area contributed by atoms with Crippen molar-refractivity contribution in [2.75, 3.05) is 39.9 Å².